The van der Waals surface area contributed by atoms with Gasteiger partial charge in [0.25, 0.3) is 0 Å². The van der Waals surface area contributed by atoms with Gasteiger partial charge in [0.1, 0.15) is 17.3 Å². The Morgan fingerprint density at radius 3 is 2.41 bits per heavy atom. The molecule has 3 heteroatoms. The molecule has 0 bridgehead atoms. The molecule has 0 radical (unpaired) electrons. The van der Waals surface area contributed by atoms with Gasteiger partial charge in [-0.2, -0.15) is 0 Å². The van der Waals surface area contributed by atoms with E-state index in [4.69, 9.17) is 9.73 Å². The smallest absolute Gasteiger partial charge is 0.144 e. The minimum absolute atomic E-state index is 0.827. The minimum atomic E-state index is 0.827. The highest BCUT2D eigenvalue weighted by molar-refractivity contribution is 6.01. The number of likely N-dealkylation sites (tertiary alicyclic amines) is 1. The normalized spacial score (nSPS) is 15.2. The van der Waals surface area contributed by atoms with Crippen LogP contribution in [-0.2, 0) is 0 Å². The number of amidine groups is 1. The van der Waals surface area contributed by atoms with E-state index in [2.05, 4.69) is 42.2 Å². The van der Waals surface area contributed by atoms with E-state index in [0.717, 1.165) is 41.5 Å². The first-order valence-electron chi connectivity index (χ1n) is 7.82. The number of hydrogen-bond donors (Lipinski definition) is 0. The summed E-state index contributed by atoms with van der Waals surface area (Å²) >= 11 is 0. The molecule has 3 nitrogen and oxygen atoms in total. The molecule has 0 amide bonds. The number of ether oxygens (including phenoxy) is 1. The fraction of sp³-hybridized carbons (Fsp3) is 0.316. The number of benzene rings is 2. The van der Waals surface area contributed by atoms with E-state index in [1.807, 2.05) is 18.2 Å². The molecule has 0 unspecified atom stereocenters. The Kier molecular flexibility index (Phi) is 4.42. The van der Waals surface area contributed by atoms with Crippen molar-refractivity contribution in [2.24, 2.45) is 4.99 Å². The van der Waals surface area contributed by atoms with Gasteiger partial charge in [0.2, 0.25) is 0 Å². The van der Waals surface area contributed by atoms with E-state index >= 15 is 0 Å². The van der Waals surface area contributed by atoms with E-state index in [1.165, 1.54) is 12.8 Å². The molecule has 1 saturated heterocycles. The van der Waals surface area contributed by atoms with Crippen molar-refractivity contribution in [3.8, 4) is 5.75 Å². The highest BCUT2D eigenvalue weighted by atomic mass is 16.5. The summed E-state index contributed by atoms with van der Waals surface area (Å²) in [4.78, 5) is 7.37. The van der Waals surface area contributed by atoms with Crippen LogP contribution in [0, 0.1) is 6.92 Å². The summed E-state index contributed by atoms with van der Waals surface area (Å²) in [7, 11) is 1.70. The molecule has 2 aromatic rings. The van der Waals surface area contributed by atoms with E-state index in [9.17, 15) is 0 Å². The number of aliphatic imine (C=N–C) groups is 1. The Balaban J connectivity index is 2.10. The SMILES string of the molecule is COc1cccc(C)c1N=C(c1ccccc1)N1CCCC1. The lowest BCUT2D eigenvalue weighted by atomic mass is 10.1. The molecule has 1 heterocycles. The van der Waals surface area contributed by atoms with Crippen LogP contribution >= 0.6 is 0 Å². The Morgan fingerprint density at radius 1 is 1.00 bits per heavy atom. The van der Waals surface area contributed by atoms with Crippen molar-refractivity contribution in [2.75, 3.05) is 20.2 Å². The number of aryl methyl sites for hydroxylation is 1. The fourth-order valence-corrected chi connectivity index (χ4v) is 2.88. The first-order chi connectivity index (χ1) is 10.8. The molecule has 0 saturated carbocycles. The van der Waals surface area contributed by atoms with E-state index < -0.39 is 0 Å². The molecule has 0 N–H and O–H groups in total. The maximum atomic E-state index is 5.50. The van der Waals surface area contributed by atoms with Gasteiger partial charge in [0, 0.05) is 18.7 Å². The van der Waals surface area contributed by atoms with Crippen LogP contribution < -0.4 is 4.74 Å². The number of rotatable bonds is 3. The van der Waals surface area contributed by atoms with Crippen LogP contribution in [-0.4, -0.2) is 30.9 Å². The summed E-state index contributed by atoms with van der Waals surface area (Å²) in [5, 5.41) is 0. The van der Waals surface area contributed by atoms with Crippen LogP contribution in [0.4, 0.5) is 5.69 Å². The number of hydrogen-bond acceptors (Lipinski definition) is 2. The van der Waals surface area contributed by atoms with Crippen molar-refractivity contribution in [1.82, 2.24) is 4.90 Å². The van der Waals surface area contributed by atoms with Crippen LogP contribution in [0.15, 0.2) is 53.5 Å². The Hall–Kier alpha value is -2.29. The zero-order valence-electron chi connectivity index (χ0n) is 13.2. The maximum Gasteiger partial charge on any atom is 0.144 e. The van der Waals surface area contributed by atoms with Gasteiger partial charge in [-0.15, -0.1) is 0 Å². The third kappa shape index (κ3) is 2.98. The van der Waals surface area contributed by atoms with Gasteiger partial charge in [-0.3, -0.25) is 0 Å². The van der Waals surface area contributed by atoms with Crippen molar-refractivity contribution >= 4 is 11.5 Å². The number of para-hydroxylation sites is 1. The monoisotopic (exact) mass is 294 g/mol. The van der Waals surface area contributed by atoms with Gasteiger partial charge in [-0.05, 0) is 31.4 Å². The molecule has 0 atom stereocenters. The number of nitrogens with zero attached hydrogens (tertiary/aromatic N) is 2. The highest BCUT2D eigenvalue weighted by Gasteiger charge is 2.19. The fourth-order valence-electron chi connectivity index (χ4n) is 2.88. The first kappa shape index (κ1) is 14.6. The molecular formula is C19H22N2O. The summed E-state index contributed by atoms with van der Waals surface area (Å²) in [5.41, 5.74) is 3.22. The van der Waals surface area contributed by atoms with Gasteiger partial charge in [0.15, 0.2) is 0 Å². The molecule has 0 aromatic heterocycles. The Morgan fingerprint density at radius 2 is 1.73 bits per heavy atom. The number of methoxy groups -OCH3 is 1. The minimum Gasteiger partial charge on any atom is -0.494 e. The molecule has 22 heavy (non-hydrogen) atoms. The topological polar surface area (TPSA) is 24.8 Å². The van der Waals surface area contributed by atoms with Crippen molar-refractivity contribution in [3.63, 3.8) is 0 Å². The third-order valence-electron chi connectivity index (χ3n) is 4.08. The van der Waals surface area contributed by atoms with Crippen LogP contribution in [0.2, 0.25) is 0 Å². The van der Waals surface area contributed by atoms with Gasteiger partial charge < -0.3 is 9.64 Å². The summed E-state index contributed by atoms with van der Waals surface area (Å²) in [6, 6.07) is 16.5. The second-order valence-electron chi connectivity index (χ2n) is 5.62. The molecule has 114 valence electrons. The highest BCUT2D eigenvalue weighted by Crippen LogP contribution is 2.32. The summed E-state index contributed by atoms with van der Waals surface area (Å²) < 4.78 is 5.50. The third-order valence-corrected chi connectivity index (χ3v) is 4.08. The van der Waals surface area contributed by atoms with Crippen LogP contribution in [0.3, 0.4) is 0 Å². The summed E-state index contributed by atoms with van der Waals surface area (Å²) in [6.45, 7) is 4.22. The Labute approximate surface area is 132 Å². The molecule has 2 aromatic carbocycles. The van der Waals surface area contributed by atoms with E-state index in [-0.39, 0.29) is 0 Å². The summed E-state index contributed by atoms with van der Waals surface area (Å²) in [6.07, 6.45) is 2.47. The van der Waals surface area contributed by atoms with Gasteiger partial charge >= 0.3 is 0 Å². The van der Waals surface area contributed by atoms with E-state index in [1.54, 1.807) is 7.11 Å². The predicted molar refractivity (Wildman–Crippen MR) is 91.2 cm³/mol. The lowest BCUT2D eigenvalue weighted by Gasteiger charge is -2.21. The lowest BCUT2D eigenvalue weighted by molar-refractivity contribution is 0.415. The molecule has 1 aliphatic rings. The van der Waals surface area contributed by atoms with Gasteiger partial charge in [-0.1, -0.05) is 42.5 Å². The summed E-state index contributed by atoms with van der Waals surface area (Å²) in [5.74, 6) is 1.87. The van der Waals surface area contributed by atoms with Crippen LogP contribution in [0.5, 0.6) is 5.75 Å². The van der Waals surface area contributed by atoms with Crippen LogP contribution in [0.1, 0.15) is 24.0 Å². The standard InChI is InChI=1S/C19H22N2O/c1-15-9-8-12-17(22-2)18(15)20-19(21-13-6-7-14-21)16-10-4-3-5-11-16/h3-5,8-12H,6-7,13-14H2,1-2H3. The Bertz CT molecular complexity index is 658. The maximum absolute atomic E-state index is 5.50. The van der Waals surface area contributed by atoms with Crippen LogP contribution in [0.25, 0.3) is 0 Å². The average Bonchev–Trinajstić information content (AvgIpc) is 3.08. The molecular weight excluding hydrogens is 272 g/mol. The van der Waals surface area contributed by atoms with Crippen molar-refractivity contribution in [3.05, 3.63) is 59.7 Å². The van der Waals surface area contributed by atoms with Crippen molar-refractivity contribution < 1.29 is 4.74 Å². The second kappa shape index (κ2) is 6.65. The molecule has 1 fully saturated rings. The average molecular weight is 294 g/mol. The quantitative estimate of drug-likeness (QED) is 0.626. The zero-order chi connectivity index (χ0) is 15.4. The zero-order valence-corrected chi connectivity index (χ0v) is 13.2. The molecule has 0 aliphatic carbocycles. The largest absolute Gasteiger partial charge is 0.494 e. The predicted octanol–water partition coefficient (Wildman–Crippen LogP) is 4.18. The lowest BCUT2D eigenvalue weighted by Crippen LogP contribution is -2.28. The van der Waals surface area contributed by atoms with Crippen molar-refractivity contribution in [2.45, 2.75) is 19.8 Å². The van der Waals surface area contributed by atoms with Crippen molar-refractivity contribution in [1.29, 1.82) is 0 Å². The first-order valence-corrected chi connectivity index (χ1v) is 7.82. The molecule has 1 aliphatic heterocycles. The van der Waals surface area contributed by atoms with E-state index in [0.29, 0.717) is 0 Å². The molecule has 3 rings (SSSR count). The van der Waals surface area contributed by atoms with Gasteiger partial charge in [0.05, 0.1) is 7.11 Å². The molecule has 0 spiro atoms. The van der Waals surface area contributed by atoms with Gasteiger partial charge in [-0.25, -0.2) is 4.99 Å². The second-order valence-corrected chi connectivity index (χ2v) is 5.62.